The SMILES string of the molecule is O=C(C1=NO[C@H]2C(=O)N(c3ccc(O)cc3)C(=O)[C@@H]12)c1ccccc1. The number of benzene rings is 2. The first kappa shape index (κ1) is 15.1. The normalized spacial score (nSPS) is 21.8. The van der Waals surface area contributed by atoms with E-state index in [9.17, 15) is 19.5 Å². The van der Waals surface area contributed by atoms with Crippen molar-refractivity contribution in [2.24, 2.45) is 11.1 Å². The van der Waals surface area contributed by atoms with Gasteiger partial charge in [0, 0.05) is 5.56 Å². The molecule has 2 aliphatic heterocycles. The fraction of sp³-hybridized carbons (Fsp3) is 0.111. The molecule has 1 fully saturated rings. The molecule has 0 aliphatic carbocycles. The molecule has 2 amide bonds. The van der Waals surface area contributed by atoms with Crippen molar-refractivity contribution in [3.05, 3.63) is 60.2 Å². The summed E-state index contributed by atoms with van der Waals surface area (Å²) in [5.74, 6) is -2.64. The molecule has 0 aromatic heterocycles. The van der Waals surface area contributed by atoms with Crippen LogP contribution in [0.2, 0.25) is 0 Å². The van der Waals surface area contributed by atoms with Crippen molar-refractivity contribution >= 4 is 29.0 Å². The van der Waals surface area contributed by atoms with Gasteiger partial charge >= 0.3 is 0 Å². The van der Waals surface area contributed by atoms with E-state index in [0.29, 0.717) is 11.3 Å². The summed E-state index contributed by atoms with van der Waals surface area (Å²) >= 11 is 0. The van der Waals surface area contributed by atoms with Gasteiger partial charge in [-0.25, -0.2) is 4.90 Å². The molecule has 7 heteroatoms. The molecule has 124 valence electrons. The average Bonchev–Trinajstić information content (AvgIpc) is 3.17. The summed E-state index contributed by atoms with van der Waals surface area (Å²) in [6.45, 7) is 0. The number of imide groups is 1. The number of ketones is 1. The first-order valence-electron chi connectivity index (χ1n) is 7.58. The largest absolute Gasteiger partial charge is 0.508 e. The van der Waals surface area contributed by atoms with Crippen LogP contribution in [-0.2, 0) is 14.4 Å². The zero-order valence-electron chi connectivity index (χ0n) is 12.8. The third kappa shape index (κ3) is 2.28. The smallest absolute Gasteiger partial charge is 0.278 e. The number of carbonyl (C=O) groups is 3. The number of hydrogen-bond acceptors (Lipinski definition) is 6. The van der Waals surface area contributed by atoms with Crippen LogP contribution in [0.4, 0.5) is 5.69 Å². The number of rotatable bonds is 3. The van der Waals surface area contributed by atoms with E-state index in [4.69, 9.17) is 4.84 Å². The molecule has 1 N–H and O–H groups in total. The molecule has 2 heterocycles. The number of phenols is 1. The number of nitrogens with zero attached hydrogens (tertiary/aromatic N) is 2. The van der Waals surface area contributed by atoms with Gasteiger partial charge in [-0.3, -0.25) is 14.4 Å². The van der Waals surface area contributed by atoms with Crippen molar-refractivity contribution in [1.29, 1.82) is 0 Å². The maximum atomic E-state index is 12.8. The van der Waals surface area contributed by atoms with Crippen LogP contribution < -0.4 is 4.90 Å². The Morgan fingerprint density at radius 2 is 1.68 bits per heavy atom. The summed E-state index contributed by atoms with van der Waals surface area (Å²) in [5, 5.41) is 13.1. The molecule has 0 unspecified atom stereocenters. The molecular weight excluding hydrogens is 324 g/mol. The lowest BCUT2D eigenvalue weighted by Crippen LogP contribution is -2.34. The molecule has 2 aromatic carbocycles. The number of Topliss-reactive ketones (excluding diaryl/α,β-unsaturated/α-hetero) is 1. The van der Waals surface area contributed by atoms with E-state index >= 15 is 0 Å². The number of carbonyl (C=O) groups excluding carboxylic acids is 3. The highest BCUT2D eigenvalue weighted by Crippen LogP contribution is 2.34. The van der Waals surface area contributed by atoms with Crippen LogP contribution in [0, 0.1) is 5.92 Å². The average molecular weight is 336 g/mol. The zero-order valence-corrected chi connectivity index (χ0v) is 12.8. The highest BCUT2D eigenvalue weighted by molar-refractivity contribution is 6.52. The predicted molar refractivity (Wildman–Crippen MR) is 87.2 cm³/mol. The van der Waals surface area contributed by atoms with Gasteiger partial charge < -0.3 is 9.94 Å². The zero-order chi connectivity index (χ0) is 17.6. The lowest BCUT2D eigenvalue weighted by molar-refractivity contribution is -0.126. The van der Waals surface area contributed by atoms with E-state index in [0.717, 1.165) is 4.90 Å². The lowest BCUT2D eigenvalue weighted by atomic mass is 9.93. The number of hydrogen-bond donors (Lipinski definition) is 1. The summed E-state index contributed by atoms with van der Waals surface area (Å²) in [4.78, 5) is 43.9. The maximum Gasteiger partial charge on any atom is 0.278 e. The van der Waals surface area contributed by atoms with E-state index in [1.165, 1.54) is 24.3 Å². The number of oxime groups is 1. The van der Waals surface area contributed by atoms with Crippen LogP contribution in [0.5, 0.6) is 5.75 Å². The highest BCUT2D eigenvalue weighted by Gasteiger charge is 2.57. The summed E-state index contributed by atoms with van der Waals surface area (Å²) in [6.07, 6.45) is -1.14. The van der Waals surface area contributed by atoms with Crippen molar-refractivity contribution in [2.45, 2.75) is 6.10 Å². The second-order valence-corrected chi connectivity index (χ2v) is 5.70. The molecule has 0 radical (unpaired) electrons. The molecule has 2 aromatic rings. The molecule has 25 heavy (non-hydrogen) atoms. The van der Waals surface area contributed by atoms with Crippen molar-refractivity contribution in [3.8, 4) is 5.75 Å². The Hall–Kier alpha value is -3.48. The highest BCUT2D eigenvalue weighted by atomic mass is 16.7. The quantitative estimate of drug-likeness (QED) is 0.677. The van der Waals surface area contributed by atoms with Crippen LogP contribution in [0.3, 0.4) is 0 Å². The Bertz CT molecular complexity index is 905. The van der Waals surface area contributed by atoms with Gasteiger partial charge in [0.15, 0.2) is 0 Å². The van der Waals surface area contributed by atoms with Crippen LogP contribution in [0.25, 0.3) is 0 Å². The van der Waals surface area contributed by atoms with Crippen LogP contribution >= 0.6 is 0 Å². The Kier molecular flexibility index (Phi) is 3.35. The van der Waals surface area contributed by atoms with E-state index in [1.54, 1.807) is 30.3 Å². The minimum Gasteiger partial charge on any atom is -0.508 e. The van der Waals surface area contributed by atoms with E-state index in [2.05, 4.69) is 5.16 Å². The van der Waals surface area contributed by atoms with Crippen molar-refractivity contribution in [3.63, 3.8) is 0 Å². The maximum absolute atomic E-state index is 12.8. The van der Waals surface area contributed by atoms with Gasteiger partial charge in [0.1, 0.15) is 17.4 Å². The fourth-order valence-electron chi connectivity index (χ4n) is 2.96. The number of aromatic hydroxyl groups is 1. The van der Waals surface area contributed by atoms with Crippen LogP contribution in [0.15, 0.2) is 59.8 Å². The topological polar surface area (TPSA) is 96.3 Å². The summed E-state index contributed by atoms with van der Waals surface area (Å²) in [7, 11) is 0. The Morgan fingerprint density at radius 1 is 1.00 bits per heavy atom. The molecule has 7 nitrogen and oxygen atoms in total. The first-order valence-corrected chi connectivity index (χ1v) is 7.58. The van der Waals surface area contributed by atoms with Crippen molar-refractivity contribution < 1.29 is 24.3 Å². The van der Waals surface area contributed by atoms with Crippen LogP contribution in [0.1, 0.15) is 10.4 Å². The Labute approximate surface area is 142 Å². The molecule has 4 rings (SSSR count). The number of fused-ring (bicyclic) bond motifs is 1. The summed E-state index contributed by atoms with van der Waals surface area (Å²) < 4.78 is 0. The van der Waals surface area contributed by atoms with Gasteiger partial charge in [-0.05, 0) is 24.3 Å². The van der Waals surface area contributed by atoms with Crippen LogP contribution in [-0.4, -0.2) is 34.5 Å². The summed E-state index contributed by atoms with van der Waals surface area (Å²) in [6, 6.07) is 14.0. The standard InChI is InChI=1S/C18H12N2O5/c21-12-8-6-11(7-9-12)20-17(23)13-14(19-25-16(13)18(20)24)15(22)10-4-2-1-3-5-10/h1-9,13,16,21H/t13-,16+/m0/s1. The van der Waals surface area contributed by atoms with Gasteiger partial charge in [-0.1, -0.05) is 35.5 Å². The van der Waals surface area contributed by atoms with Gasteiger partial charge in [0.2, 0.25) is 17.8 Å². The lowest BCUT2D eigenvalue weighted by Gasteiger charge is -2.15. The van der Waals surface area contributed by atoms with E-state index in [1.807, 2.05) is 0 Å². The summed E-state index contributed by atoms with van der Waals surface area (Å²) in [5.41, 5.74) is 0.599. The predicted octanol–water partition coefficient (Wildman–Crippen LogP) is 1.52. The molecule has 0 bridgehead atoms. The van der Waals surface area contributed by atoms with Gasteiger partial charge in [-0.15, -0.1) is 0 Å². The van der Waals surface area contributed by atoms with Crippen molar-refractivity contribution in [2.75, 3.05) is 4.90 Å². The first-order chi connectivity index (χ1) is 12.1. The van der Waals surface area contributed by atoms with Crippen molar-refractivity contribution in [1.82, 2.24) is 0 Å². The Balaban J connectivity index is 1.67. The number of phenolic OH excluding ortho intramolecular Hbond substituents is 1. The molecule has 2 atom stereocenters. The molecule has 0 saturated carbocycles. The van der Waals surface area contributed by atoms with Gasteiger partial charge in [0.25, 0.3) is 5.91 Å². The second kappa shape index (κ2) is 5.55. The molecule has 1 saturated heterocycles. The molecule has 2 aliphatic rings. The third-order valence-electron chi connectivity index (χ3n) is 4.19. The molecule has 0 spiro atoms. The second-order valence-electron chi connectivity index (χ2n) is 5.70. The number of anilines is 1. The van der Waals surface area contributed by atoms with E-state index < -0.39 is 29.6 Å². The van der Waals surface area contributed by atoms with Gasteiger partial charge in [0.05, 0.1) is 5.69 Å². The third-order valence-corrected chi connectivity index (χ3v) is 4.19. The van der Waals surface area contributed by atoms with Gasteiger partial charge in [-0.2, -0.15) is 0 Å². The molecular formula is C18H12N2O5. The monoisotopic (exact) mass is 336 g/mol. The minimum absolute atomic E-state index is 0.0146. The minimum atomic E-state index is -1.14. The van der Waals surface area contributed by atoms with E-state index in [-0.39, 0.29) is 11.5 Å². The Morgan fingerprint density at radius 3 is 2.36 bits per heavy atom. The number of amides is 2. The fourth-order valence-corrected chi connectivity index (χ4v) is 2.96.